The predicted molar refractivity (Wildman–Crippen MR) is 55.3 cm³/mol. The number of halogens is 1. The highest BCUT2D eigenvalue weighted by molar-refractivity contribution is 6.31. The molecule has 1 atom stereocenters. The van der Waals surface area contributed by atoms with Crippen LogP contribution in [0.5, 0.6) is 5.75 Å². The number of aryl methyl sites for hydroxylation is 1. The minimum atomic E-state index is -0.0362. The minimum absolute atomic E-state index is 0.0362. The Bertz CT molecular complexity index is 310. The van der Waals surface area contributed by atoms with Crippen LogP contribution in [-0.4, -0.2) is 7.11 Å². The van der Waals surface area contributed by atoms with E-state index in [0.717, 1.165) is 16.9 Å². The van der Waals surface area contributed by atoms with E-state index in [9.17, 15) is 0 Å². The zero-order valence-electron chi connectivity index (χ0n) is 8.10. The molecule has 0 saturated carbocycles. The quantitative estimate of drug-likeness (QED) is 0.795. The third-order valence-electron chi connectivity index (χ3n) is 2.00. The van der Waals surface area contributed by atoms with Crippen molar-refractivity contribution in [3.63, 3.8) is 0 Å². The Balaban J connectivity index is 3.25. The lowest BCUT2D eigenvalue weighted by Gasteiger charge is -2.13. The lowest BCUT2D eigenvalue weighted by molar-refractivity contribution is 0.407. The van der Waals surface area contributed by atoms with Crippen molar-refractivity contribution in [2.45, 2.75) is 19.9 Å². The second-order valence-electron chi connectivity index (χ2n) is 3.13. The van der Waals surface area contributed by atoms with Gasteiger partial charge < -0.3 is 10.5 Å². The molecule has 0 fully saturated rings. The summed E-state index contributed by atoms with van der Waals surface area (Å²) in [5.41, 5.74) is 7.80. The van der Waals surface area contributed by atoms with Crippen molar-refractivity contribution in [2.24, 2.45) is 5.73 Å². The van der Waals surface area contributed by atoms with Crippen LogP contribution in [0, 0.1) is 6.92 Å². The highest BCUT2D eigenvalue weighted by Gasteiger charge is 2.09. The summed E-state index contributed by atoms with van der Waals surface area (Å²) in [7, 11) is 1.62. The van der Waals surface area contributed by atoms with Crippen LogP contribution in [-0.2, 0) is 0 Å². The van der Waals surface area contributed by atoms with Gasteiger partial charge in [0.25, 0.3) is 0 Å². The summed E-state index contributed by atoms with van der Waals surface area (Å²) in [5.74, 6) is 0.755. The summed E-state index contributed by atoms with van der Waals surface area (Å²) in [6.45, 7) is 3.87. The summed E-state index contributed by atoms with van der Waals surface area (Å²) in [4.78, 5) is 0. The second-order valence-corrected chi connectivity index (χ2v) is 3.54. The molecule has 0 amide bonds. The second kappa shape index (κ2) is 3.99. The Labute approximate surface area is 83.6 Å². The van der Waals surface area contributed by atoms with Crippen LogP contribution in [0.25, 0.3) is 0 Å². The van der Waals surface area contributed by atoms with E-state index in [-0.39, 0.29) is 6.04 Å². The molecule has 0 aliphatic heterocycles. The van der Waals surface area contributed by atoms with Crippen LogP contribution >= 0.6 is 11.6 Å². The van der Waals surface area contributed by atoms with E-state index < -0.39 is 0 Å². The number of methoxy groups -OCH3 is 1. The monoisotopic (exact) mass is 199 g/mol. The van der Waals surface area contributed by atoms with Gasteiger partial charge in [0.2, 0.25) is 0 Å². The maximum absolute atomic E-state index is 5.95. The first-order valence-corrected chi connectivity index (χ1v) is 4.53. The standard InChI is InChI=1S/C10H14ClNO/c1-6-4-8(7(2)12)10(13-3)5-9(6)11/h4-5,7H,12H2,1-3H3. The van der Waals surface area contributed by atoms with Crippen molar-refractivity contribution in [1.82, 2.24) is 0 Å². The SMILES string of the molecule is COc1cc(Cl)c(C)cc1C(C)N. The Morgan fingerprint density at radius 2 is 2.08 bits per heavy atom. The number of nitrogens with two attached hydrogens (primary N) is 1. The van der Waals surface area contributed by atoms with E-state index in [1.54, 1.807) is 13.2 Å². The molecule has 1 rings (SSSR count). The first-order chi connectivity index (χ1) is 6.06. The van der Waals surface area contributed by atoms with E-state index in [2.05, 4.69) is 0 Å². The van der Waals surface area contributed by atoms with Gasteiger partial charge in [-0.15, -0.1) is 0 Å². The fourth-order valence-electron chi connectivity index (χ4n) is 1.22. The summed E-state index contributed by atoms with van der Waals surface area (Å²) in [6.07, 6.45) is 0. The minimum Gasteiger partial charge on any atom is -0.496 e. The van der Waals surface area contributed by atoms with Gasteiger partial charge in [0.15, 0.2) is 0 Å². The molecule has 2 nitrogen and oxygen atoms in total. The molecule has 2 N–H and O–H groups in total. The summed E-state index contributed by atoms with van der Waals surface area (Å²) in [5, 5.41) is 0.709. The van der Waals surface area contributed by atoms with Gasteiger partial charge in [-0.05, 0) is 31.5 Å². The molecule has 0 heterocycles. The van der Waals surface area contributed by atoms with E-state index in [4.69, 9.17) is 22.1 Å². The molecule has 1 aromatic rings. The van der Waals surface area contributed by atoms with Gasteiger partial charge in [-0.25, -0.2) is 0 Å². The number of hydrogen-bond acceptors (Lipinski definition) is 2. The van der Waals surface area contributed by atoms with Gasteiger partial charge in [0, 0.05) is 16.6 Å². The molecule has 3 heteroatoms. The zero-order valence-corrected chi connectivity index (χ0v) is 8.85. The molecule has 1 aromatic carbocycles. The van der Waals surface area contributed by atoms with Gasteiger partial charge in [0.05, 0.1) is 7.11 Å². The normalized spacial score (nSPS) is 12.7. The molecular weight excluding hydrogens is 186 g/mol. The van der Waals surface area contributed by atoms with Crippen molar-refractivity contribution in [2.75, 3.05) is 7.11 Å². The first kappa shape index (κ1) is 10.4. The molecule has 13 heavy (non-hydrogen) atoms. The molecule has 1 unspecified atom stereocenters. The smallest absolute Gasteiger partial charge is 0.125 e. The molecule has 0 saturated heterocycles. The topological polar surface area (TPSA) is 35.2 Å². The third-order valence-corrected chi connectivity index (χ3v) is 2.41. The molecule has 0 aliphatic carbocycles. The van der Waals surface area contributed by atoms with Crippen LogP contribution in [0.15, 0.2) is 12.1 Å². The van der Waals surface area contributed by atoms with Gasteiger partial charge in [-0.2, -0.15) is 0 Å². The fourth-order valence-corrected chi connectivity index (χ4v) is 1.37. The molecule has 72 valence electrons. The molecule has 0 bridgehead atoms. The fraction of sp³-hybridized carbons (Fsp3) is 0.400. The largest absolute Gasteiger partial charge is 0.496 e. The first-order valence-electron chi connectivity index (χ1n) is 4.16. The number of hydrogen-bond donors (Lipinski definition) is 1. The van der Waals surface area contributed by atoms with E-state index in [1.807, 2.05) is 19.9 Å². The van der Waals surface area contributed by atoms with Crippen LogP contribution in [0.1, 0.15) is 24.1 Å². The number of ether oxygens (including phenoxy) is 1. The highest BCUT2D eigenvalue weighted by Crippen LogP contribution is 2.29. The zero-order chi connectivity index (χ0) is 10.0. The maximum Gasteiger partial charge on any atom is 0.125 e. The Morgan fingerprint density at radius 3 is 2.54 bits per heavy atom. The predicted octanol–water partition coefficient (Wildman–Crippen LogP) is 2.68. The van der Waals surface area contributed by atoms with Gasteiger partial charge in [-0.1, -0.05) is 11.6 Å². The van der Waals surface area contributed by atoms with Crippen LogP contribution in [0.3, 0.4) is 0 Å². The number of benzene rings is 1. The van der Waals surface area contributed by atoms with E-state index in [1.165, 1.54) is 0 Å². The Kier molecular flexibility index (Phi) is 3.17. The summed E-state index contributed by atoms with van der Waals surface area (Å²) >= 11 is 5.95. The van der Waals surface area contributed by atoms with Crippen molar-refractivity contribution in [3.05, 3.63) is 28.3 Å². The summed E-state index contributed by atoms with van der Waals surface area (Å²) < 4.78 is 5.18. The van der Waals surface area contributed by atoms with Gasteiger partial charge in [-0.3, -0.25) is 0 Å². The molecule has 0 radical (unpaired) electrons. The van der Waals surface area contributed by atoms with Gasteiger partial charge >= 0.3 is 0 Å². The van der Waals surface area contributed by atoms with Crippen LogP contribution in [0.4, 0.5) is 0 Å². The van der Waals surface area contributed by atoms with Crippen LogP contribution in [0.2, 0.25) is 5.02 Å². The maximum atomic E-state index is 5.95. The Morgan fingerprint density at radius 1 is 1.46 bits per heavy atom. The molecule has 0 spiro atoms. The molecular formula is C10H14ClNO. The molecule has 0 aromatic heterocycles. The molecule has 0 aliphatic rings. The average Bonchev–Trinajstić information content (AvgIpc) is 2.08. The lowest BCUT2D eigenvalue weighted by Crippen LogP contribution is -2.07. The van der Waals surface area contributed by atoms with E-state index in [0.29, 0.717) is 5.02 Å². The summed E-state index contributed by atoms with van der Waals surface area (Å²) in [6, 6.07) is 3.73. The van der Waals surface area contributed by atoms with E-state index >= 15 is 0 Å². The number of rotatable bonds is 2. The van der Waals surface area contributed by atoms with Crippen LogP contribution < -0.4 is 10.5 Å². The Hall–Kier alpha value is -0.730. The van der Waals surface area contributed by atoms with Gasteiger partial charge in [0.1, 0.15) is 5.75 Å². The van der Waals surface area contributed by atoms with Crippen molar-refractivity contribution in [3.8, 4) is 5.75 Å². The highest BCUT2D eigenvalue weighted by atomic mass is 35.5. The van der Waals surface area contributed by atoms with Crippen molar-refractivity contribution < 1.29 is 4.74 Å². The third kappa shape index (κ3) is 2.14. The van der Waals surface area contributed by atoms with Crippen molar-refractivity contribution >= 4 is 11.6 Å². The average molecular weight is 200 g/mol. The van der Waals surface area contributed by atoms with Crippen molar-refractivity contribution in [1.29, 1.82) is 0 Å². The lowest BCUT2D eigenvalue weighted by atomic mass is 10.1.